The predicted molar refractivity (Wildman–Crippen MR) is 72.5 cm³/mol. The minimum Gasteiger partial charge on any atom is -0.379 e. The van der Waals surface area contributed by atoms with E-state index in [1.807, 2.05) is 6.92 Å². The van der Waals surface area contributed by atoms with Crippen molar-refractivity contribution in [1.29, 1.82) is 0 Å². The Labute approximate surface area is 109 Å². The van der Waals surface area contributed by atoms with E-state index >= 15 is 0 Å². The number of hydrogen-bond donors (Lipinski definition) is 1. The van der Waals surface area contributed by atoms with E-state index in [-0.39, 0.29) is 0 Å². The third kappa shape index (κ3) is 5.17. The maximum Gasteiger partial charge on any atom is 0.0718 e. The van der Waals surface area contributed by atoms with Gasteiger partial charge in [-0.15, -0.1) is 0 Å². The van der Waals surface area contributed by atoms with Gasteiger partial charge in [0.05, 0.1) is 19.8 Å². The third-order valence-electron chi connectivity index (χ3n) is 3.01. The van der Waals surface area contributed by atoms with E-state index in [0.29, 0.717) is 19.8 Å². The maximum absolute atomic E-state index is 5.57. The van der Waals surface area contributed by atoms with Gasteiger partial charge in [0.2, 0.25) is 0 Å². The Morgan fingerprint density at radius 2 is 1.94 bits per heavy atom. The van der Waals surface area contributed by atoms with Crippen LogP contribution in [0.15, 0.2) is 24.3 Å². The molecule has 0 aromatic heterocycles. The van der Waals surface area contributed by atoms with Gasteiger partial charge in [-0.05, 0) is 30.9 Å². The molecule has 1 aliphatic rings. The molecule has 18 heavy (non-hydrogen) atoms. The second-order valence-corrected chi connectivity index (χ2v) is 4.72. The monoisotopic (exact) mass is 249 g/mol. The van der Waals surface area contributed by atoms with Crippen LogP contribution in [0, 0.1) is 0 Å². The fourth-order valence-corrected chi connectivity index (χ4v) is 1.83. The first-order valence-electron chi connectivity index (χ1n) is 6.85. The van der Waals surface area contributed by atoms with Gasteiger partial charge >= 0.3 is 0 Å². The third-order valence-corrected chi connectivity index (χ3v) is 3.01. The minimum atomic E-state index is 0.665. The van der Waals surface area contributed by atoms with Gasteiger partial charge in [-0.3, -0.25) is 0 Å². The molecule has 1 fully saturated rings. The lowest BCUT2D eigenvalue weighted by atomic mass is 10.1. The fraction of sp³-hybridized carbons (Fsp3) is 0.600. The first kappa shape index (κ1) is 13.5. The highest BCUT2D eigenvalue weighted by Crippen LogP contribution is 2.19. The number of benzene rings is 1. The summed E-state index contributed by atoms with van der Waals surface area (Å²) in [6.45, 7) is 5.74. The summed E-state index contributed by atoms with van der Waals surface area (Å²) in [5.74, 6) is 0. The van der Waals surface area contributed by atoms with Crippen LogP contribution in [0.25, 0.3) is 0 Å². The summed E-state index contributed by atoms with van der Waals surface area (Å²) in [7, 11) is 0. The summed E-state index contributed by atoms with van der Waals surface area (Å²) < 4.78 is 10.8. The fourth-order valence-electron chi connectivity index (χ4n) is 1.83. The van der Waals surface area contributed by atoms with Gasteiger partial charge in [-0.25, -0.2) is 0 Å². The summed E-state index contributed by atoms with van der Waals surface area (Å²) in [6.07, 6.45) is 2.67. The van der Waals surface area contributed by atoms with E-state index in [1.54, 1.807) is 0 Å². The Morgan fingerprint density at radius 3 is 2.72 bits per heavy atom. The van der Waals surface area contributed by atoms with Crippen LogP contribution < -0.4 is 5.32 Å². The molecule has 0 aliphatic heterocycles. The van der Waals surface area contributed by atoms with Crippen LogP contribution in [-0.2, 0) is 22.6 Å². The van der Waals surface area contributed by atoms with Crippen LogP contribution in [0.2, 0.25) is 0 Å². The average Bonchev–Trinajstić information content (AvgIpc) is 3.21. The Balaban J connectivity index is 1.68. The zero-order valence-electron chi connectivity index (χ0n) is 11.2. The molecular formula is C15H23NO2. The largest absolute Gasteiger partial charge is 0.379 e. The predicted octanol–water partition coefficient (Wildman–Crippen LogP) is 2.49. The topological polar surface area (TPSA) is 30.5 Å². The maximum atomic E-state index is 5.57. The molecule has 0 atom stereocenters. The molecule has 3 heteroatoms. The van der Waals surface area contributed by atoms with E-state index in [9.17, 15) is 0 Å². The number of nitrogens with one attached hydrogen (secondary N) is 1. The number of rotatable bonds is 9. The summed E-state index contributed by atoms with van der Waals surface area (Å²) in [5, 5.41) is 3.52. The summed E-state index contributed by atoms with van der Waals surface area (Å²) in [5.41, 5.74) is 2.58. The second kappa shape index (κ2) is 7.52. The molecule has 1 aliphatic carbocycles. The highest BCUT2D eigenvalue weighted by atomic mass is 16.5. The average molecular weight is 249 g/mol. The Kier molecular flexibility index (Phi) is 5.65. The first-order valence-corrected chi connectivity index (χ1v) is 6.85. The standard InChI is InChI=1S/C15H23NO2/c1-2-17-8-9-18-12-14-5-3-4-13(10-14)11-16-15-6-7-15/h3-5,10,15-16H,2,6-9,11-12H2,1H3. The van der Waals surface area contributed by atoms with Gasteiger partial charge in [0.15, 0.2) is 0 Å². The van der Waals surface area contributed by atoms with E-state index in [2.05, 4.69) is 29.6 Å². The normalized spacial score (nSPS) is 14.9. The molecule has 3 nitrogen and oxygen atoms in total. The molecule has 0 bridgehead atoms. The van der Waals surface area contributed by atoms with Gasteiger partial charge in [0.1, 0.15) is 0 Å². The summed E-state index contributed by atoms with van der Waals surface area (Å²) in [4.78, 5) is 0. The van der Waals surface area contributed by atoms with E-state index < -0.39 is 0 Å². The molecular weight excluding hydrogens is 226 g/mol. The van der Waals surface area contributed by atoms with Gasteiger partial charge in [0, 0.05) is 19.2 Å². The van der Waals surface area contributed by atoms with Crippen LogP contribution in [0.3, 0.4) is 0 Å². The van der Waals surface area contributed by atoms with Crippen molar-refractivity contribution in [3.05, 3.63) is 35.4 Å². The van der Waals surface area contributed by atoms with Crippen molar-refractivity contribution in [3.63, 3.8) is 0 Å². The zero-order valence-corrected chi connectivity index (χ0v) is 11.2. The quantitative estimate of drug-likeness (QED) is 0.682. The van der Waals surface area contributed by atoms with Crippen molar-refractivity contribution in [2.45, 2.75) is 39.0 Å². The molecule has 1 aromatic carbocycles. The van der Waals surface area contributed by atoms with Crippen molar-refractivity contribution in [2.24, 2.45) is 0 Å². The van der Waals surface area contributed by atoms with E-state index in [4.69, 9.17) is 9.47 Å². The first-order chi connectivity index (χ1) is 8.88. The van der Waals surface area contributed by atoms with Crippen LogP contribution in [0.5, 0.6) is 0 Å². The molecule has 0 spiro atoms. The molecule has 0 amide bonds. The summed E-state index contributed by atoms with van der Waals surface area (Å²) >= 11 is 0. The van der Waals surface area contributed by atoms with Gasteiger partial charge in [-0.2, -0.15) is 0 Å². The molecule has 1 aromatic rings. The smallest absolute Gasteiger partial charge is 0.0718 e. The van der Waals surface area contributed by atoms with Gasteiger partial charge in [0.25, 0.3) is 0 Å². The lowest BCUT2D eigenvalue weighted by Gasteiger charge is -2.07. The van der Waals surface area contributed by atoms with Crippen molar-refractivity contribution in [2.75, 3.05) is 19.8 Å². The molecule has 100 valence electrons. The SMILES string of the molecule is CCOCCOCc1cccc(CNC2CC2)c1. The lowest BCUT2D eigenvalue weighted by Crippen LogP contribution is -2.15. The minimum absolute atomic E-state index is 0.665. The Bertz CT molecular complexity index is 350. The summed E-state index contributed by atoms with van der Waals surface area (Å²) in [6, 6.07) is 9.36. The number of hydrogen-bond acceptors (Lipinski definition) is 3. The molecule has 1 N–H and O–H groups in total. The zero-order chi connectivity index (χ0) is 12.6. The van der Waals surface area contributed by atoms with Crippen molar-refractivity contribution in [1.82, 2.24) is 5.32 Å². The van der Waals surface area contributed by atoms with Crippen LogP contribution in [0.1, 0.15) is 30.9 Å². The van der Waals surface area contributed by atoms with Crippen molar-refractivity contribution >= 4 is 0 Å². The second-order valence-electron chi connectivity index (χ2n) is 4.72. The van der Waals surface area contributed by atoms with Crippen molar-refractivity contribution < 1.29 is 9.47 Å². The lowest BCUT2D eigenvalue weighted by molar-refractivity contribution is 0.0453. The van der Waals surface area contributed by atoms with Gasteiger partial charge in [-0.1, -0.05) is 24.3 Å². The van der Waals surface area contributed by atoms with Crippen LogP contribution >= 0.6 is 0 Å². The highest BCUT2D eigenvalue weighted by molar-refractivity contribution is 5.23. The van der Waals surface area contributed by atoms with Crippen LogP contribution in [-0.4, -0.2) is 25.9 Å². The molecule has 0 radical (unpaired) electrons. The molecule has 0 unspecified atom stereocenters. The number of ether oxygens (including phenoxy) is 2. The molecule has 1 saturated carbocycles. The molecule has 0 heterocycles. The molecule has 0 saturated heterocycles. The van der Waals surface area contributed by atoms with Gasteiger partial charge < -0.3 is 14.8 Å². The Morgan fingerprint density at radius 1 is 1.17 bits per heavy atom. The van der Waals surface area contributed by atoms with E-state index in [0.717, 1.165) is 19.2 Å². The Hall–Kier alpha value is -0.900. The van der Waals surface area contributed by atoms with E-state index in [1.165, 1.54) is 24.0 Å². The van der Waals surface area contributed by atoms with Crippen LogP contribution in [0.4, 0.5) is 0 Å². The van der Waals surface area contributed by atoms with Crippen molar-refractivity contribution in [3.8, 4) is 0 Å². The highest BCUT2D eigenvalue weighted by Gasteiger charge is 2.19. The molecule has 2 rings (SSSR count).